The summed E-state index contributed by atoms with van der Waals surface area (Å²) in [5.74, 6) is -1.68. The van der Waals surface area contributed by atoms with E-state index in [2.05, 4.69) is 21.7 Å². The van der Waals surface area contributed by atoms with E-state index in [4.69, 9.17) is 4.84 Å². The Hall–Kier alpha value is -4.55. The van der Waals surface area contributed by atoms with E-state index in [-0.39, 0.29) is 30.3 Å². The molecule has 1 saturated heterocycles. The topological polar surface area (TPSA) is 94.1 Å². The minimum absolute atomic E-state index is 0.0201. The zero-order chi connectivity index (χ0) is 28.1. The Morgan fingerprint density at radius 3 is 2.46 bits per heavy atom. The van der Waals surface area contributed by atoms with E-state index < -0.39 is 35.2 Å². The summed E-state index contributed by atoms with van der Waals surface area (Å²) in [6, 6.07) is 5.22. The molecule has 0 bridgehead atoms. The number of fused-ring (bicyclic) bond motifs is 1. The molecule has 13 heteroatoms. The number of likely N-dealkylation sites (tertiary alicyclic amines) is 1. The van der Waals surface area contributed by atoms with E-state index >= 15 is 0 Å². The summed E-state index contributed by atoms with van der Waals surface area (Å²) in [6.07, 6.45) is -0.180. The minimum Gasteiger partial charge on any atom is -0.363 e. The van der Waals surface area contributed by atoms with Crippen LogP contribution in [-0.2, 0) is 15.8 Å². The molecule has 2 aliphatic rings. The number of amidine groups is 1. The third kappa shape index (κ3) is 4.64. The number of aliphatic imine (C=N–C) groups is 1. The zero-order valence-corrected chi connectivity index (χ0v) is 20.8. The first-order valence-corrected chi connectivity index (χ1v) is 11.9. The number of hydrogen-bond acceptors (Lipinski definition) is 6. The van der Waals surface area contributed by atoms with Crippen LogP contribution in [0.25, 0.3) is 16.9 Å². The molecular formula is C26H22F4N6O3. The van der Waals surface area contributed by atoms with Crippen molar-refractivity contribution in [1.29, 1.82) is 0 Å². The van der Waals surface area contributed by atoms with Crippen molar-refractivity contribution in [3.8, 4) is 5.69 Å². The van der Waals surface area contributed by atoms with Crippen LogP contribution in [0.3, 0.4) is 0 Å². The average Bonchev–Trinajstić information content (AvgIpc) is 3.00. The van der Waals surface area contributed by atoms with E-state index in [0.717, 1.165) is 12.1 Å². The van der Waals surface area contributed by atoms with Gasteiger partial charge >= 0.3 is 11.9 Å². The van der Waals surface area contributed by atoms with E-state index in [0.29, 0.717) is 22.6 Å². The van der Waals surface area contributed by atoms with Gasteiger partial charge in [0.2, 0.25) is 0 Å². The first-order valence-electron chi connectivity index (χ1n) is 11.9. The van der Waals surface area contributed by atoms with Gasteiger partial charge in [-0.25, -0.2) is 23.7 Å². The predicted molar refractivity (Wildman–Crippen MR) is 135 cm³/mol. The molecule has 0 unspecified atom stereocenters. The smallest absolute Gasteiger partial charge is 0.363 e. The third-order valence-electron chi connectivity index (χ3n) is 6.41. The first kappa shape index (κ1) is 26.1. The van der Waals surface area contributed by atoms with E-state index in [1.807, 2.05) is 13.8 Å². The Kier molecular flexibility index (Phi) is 6.44. The van der Waals surface area contributed by atoms with E-state index in [9.17, 15) is 27.2 Å². The molecule has 2 aromatic heterocycles. The molecule has 0 saturated carbocycles. The molecule has 0 spiro atoms. The van der Waals surface area contributed by atoms with Crippen LogP contribution in [0.15, 0.2) is 76.2 Å². The van der Waals surface area contributed by atoms with Crippen molar-refractivity contribution in [2.45, 2.75) is 26.1 Å². The highest BCUT2D eigenvalue weighted by Gasteiger charge is 2.37. The number of oxime groups is 1. The molecule has 3 aromatic rings. The van der Waals surface area contributed by atoms with Gasteiger partial charge in [-0.2, -0.15) is 13.2 Å². The number of amides is 1. The fourth-order valence-corrected chi connectivity index (χ4v) is 4.42. The average molecular weight is 542 g/mol. The van der Waals surface area contributed by atoms with Gasteiger partial charge in [0.1, 0.15) is 6.26 Å². The quantitative estimate of drug-likeness (QED) is 0.354. The highest BCUT2D eigenvalue weighted by atomic mass is 19.4. The van der Waals surface area contributed by atoms with Crippen LogP contribution in [0.2, 0.25) is 0 Å². The summed E-state index contributed by atoms with van der Waals surface area (Å²) in [4.78, 5) is 41.3. The van der Waals surface area contributed by atoms with Crippen LogP contribution < -0.4 is 5.69 Å². The second kappa shape index (κ2) is 9.64. The minimum atomic E-state index is -4.55. The maximum absolute atomic E-state index is 13.9. The van der Waals surface area contributed by atoms with Crippen LogP contribution in [0.1, 0.15) is 31.0 Å². The summed E-state index contributed by atoms with van der Waals surface area (Å²) in [7, 11) is 0. The van der Waals surface area contributed by atoms with Gasteiger partial charge < -0.3 is 9.74 Å². The fourth-order valence-electron chi connectivity index (χ4n) is 4.42. The number of imidazole rings is 1. The second-order valence-corrected chi connectivity index (χ2v) is 9.34. The number of pyridine rings is 1. The Labute approximate surface area is 219 Å². The lowest BCUT2D eigenvalue weighted by molar-refractivity contribution is -0.137. The number of benzene rings is 1. The van der Waals surface area contributed by atoms with Gasteiger partial charge in [0.15, 0.2) is 17.3 Å². The Balaban J connectivity index is 1.71. The normalized spacial score (nSPS) is 16.0. The lowest BCUT2D eigenvalue weighted by atomic mass is 10.1. The maximum atomic E-state index is 13.9. The number of aromatic nitrogens is 3. The molecule has 0 aliphatic carbocycles. The van der Waals surface area contributed by atoms with Gasteiger partial charge in [0, 0.05) is 36.8 Å². The molecule has 0 N–H and O–H groups in total. The molecular weight excluding hydrogens is 520 g/mol. The number of carbonyl (C=O) groups excluding carboxylic acids is 1. The number of alkyl halides is 3. The van der Waals surface area contributed by atoms with Crippen molar-refractivity contribution < 1.29 is 27.2 Å². The molecule has 202 valence electrons. The van der Waals surface area contributed by atoms with Gasteiger partial charge in [-0.05, 0) is 30.3 Å². The standard InChI is InChI=1S/C26H22F4N6O3/c1-14(2)22-32-20(9-11-39-33-22)19-8-10-31-23-21(19)35(18-12-34(13-18)24(37)15(3)27)25(38)36(23)17-6-4-16(5-7-17)26(28,29)30/h4-11,14,18H,3,12-13H2,1-2H3. The highest BCUT2D eigenvalue weighted by molar-refractivity contribution is 6.19. The number of hydrogen-bond donors (Lipinski definition) is 0. The molecule has 4 heterocycles. The summed E-state index contributed by atoms with van der Waals surface area (Å²) in [6.45, 7) is 6.83. The Bertz CT molecular complexity index is 1620. The van der Waals surface area contributed by atoms with Crippen LogP contribution in [0, 0.1) is 5.92 Å². The van der Waals surface area contributed by atoms with Gasteiger partial charge in [-0.15, -0.1) is 0 Å². The summed E-state index contributed by atoms with van der Waals surface area (Å²) in [5.41, 5.74) is 0.112. The summed E-state index contributed by atoms with van der Waals surface area (Å²) in [5, 5.41) is 3.98. The lowest BCUT2D eigenvalue weighted by Gasteiger charge is -2.39. The number of nitrogens with zero attached hydrogens (tertiary/aromatic N) is 6. The molecule has 2 aliphatic heterocycles. The molecule has 5 rings (SSSR count). The predicted octanol–water partition coefficient (Wildman–Crippen LogP) is 4.38. The number of rotatable bonds is 5. The van der Waals surface area contributed by atoms with Crippen LogP contribution in [0.5, 0.6) is 0 Å². The van der Waals surface area contributed by atoms with Crippen molar-refractivity contribution in [2.24, 2.45) is 16.1 Å². The number of allylic oxidation sites excluding steroid dienone is 1. The largest absolute Gasteiger partial charge is 0.416 e. The molecule has 0 atom stereocenters. The van der Waals surface area contributed by atoms with Crippen molar-refractivity contribution in [3.63, 3.8) is 0 Å². The van der Waals surface area contributed by atoms with E-state index in [1.54, 1.807) is 12.1 Å². The van der Waals surface area contributed by atoms with Crippen molar-refractivity contribution in [3.05, 3.63) is 82.9 Å². The van der Waals surface area contributed by atoms with Crippen LogP contribution in [0.4, 0.5) is 17.6 Å². The van der Waals surface area contributed by atoms with Crippen LogP contribution in [-0.4, -0.2) is 49.6 Å². The molecule has 0 radical (unpaired) electrons. The first-order chi connectivity index (χ1) is 18.5. The Morgan fingerprint density at radius 2 is 1.85 bits per heavy atom. The van der Waals surface area contributed by atoms with Gasteiger partial charge in [-0.3, -0.25) is 9.36 Å². The number of carbonyl (C=O) groups is 1. The molecule has 39 heavy (non-hydrogen) atoms. The molecule has 9 nitrogen and oxygen atoms in total. The highest BCUT2D eigenvalue weighted by Crippen LogP contribution is 2.32. The summed E-state index contributed by atoms with van der Waals surface area (Å²) < 4.78 is 55.5. The van der Waals surface area contributed by atoms with Gasteiger partial charge in [0.25, 0.3) is 5.91 Å². The van der Waals surface area contributed by atoms with Crippen molar-refractivity contribution in [2.75, 3.05) is 13.1 Å². The SMILES string of the molecule is C=C(F)C(=O)N1CC(n2c(=O)n(-c3ccc(C(F)(F)F)cc3)c3nccc(C4=NC(C(C)C)=NOC=C4)c32)C1. The number of halogens is 4. The third-order valence-corrected chi connectivity index (χ3v) is 6.41. The van der Waals surface area contributed by atoms with E-state index in [1.165, 1.54) is 38.6 Å². The van der Waals surface area contributed by atoms with Crippen molar-refractivity contribution >= 4 is 28.6 Å². The zero-order valence-electron chi connectivity index (χ0n) is 20.8. The van der Waals surface area contributed by atoms with Gasteiger partial charge in [0.05, 0.1) is 28.5 Å². The molecule has 1 aromatic carbocycles. The monoisotopic (exact) mass is 542 g/mol. The van der Waals surface area contributed by atoms with Crippen molar-refractivity contribution in [1.82, 2.24) is 19.0 Å². The molecule has 1 amide bonds. The molecule has 1 fully saturated rings. The van der Waals surface area contributed by atoms with Gasteiger partial charge in [-0.1, -0.05) is 25.6 Å². The second-order valence-electron chi connectivity index (χ2n) is 9.34. The summed E-state index contributed by atoms with van der Waals surface area (Å²) >= 11 is 0. The fraction of sp³-hybridized carbons (Fsp3) is 0.269. The van der Waals surface area contributed by atoms with Crippen LogP contribution >= 0.6 is 0 Å². The maximum Gasteiger partial charge on any atom is 0.416 e. The Morgan fingerprint density at radius 1 is 1.15 bits per heavy atom. The lowest BCUT2D eigenvalue weighted by Crippen LogP contribution is -2.53.